The number of halogens is 1. The predicted molar refractivity (Wildman–Crippen MR) is 80.8 cm³/mol. The van der Waals surface area contributed by atoms with Gasteiger partial charge in [0.2, 0.25) is 0 Å². The van der Waals surface area contributed by atoms with E-state index in [9.17, 15) is 14.9 Å². The molecular formula is C14H19ClN2O4. The van der Waals surface area contributed by atoms with Gasteiger partial charge in [-0.3, -0.25) is 14.9 Å². The van der Waals surface area contributed by atoms with Gasteiger partial charge in [0.15, 0.2) is 0 Å². The number of hydrogen-bond donors (Lipinski definition) is 0. The molecule has 116 valence electrons. The van der Waals surface area contributed by atoms with Gasteiger partial charge in [0.1, 0.15) is 5.02 Å². The molecule has 0 bridgehead atoms. The molecule has 0 aliphatic carbocycles. The molecule has 0 saturated heterocycles. The highest BCUT2D eigenvalue weighted by Crippen LogP contribution is 2.26. The molecule has 0 radical (unpaired) electrons. The Morgan fingerprint density at radius 3 is 2.71 bits per heavy atom. The van der Waals surface area contributed by atoms with Gasteiger partial charge in [-0.2, -0.15) is 0 Å². The zero-order valence-electron chi connectivity index (χ0n) is 12.3. The summed E-state index contributed by atoms with van der Waals surface area (Å²) in [7, 11) is 1.56. The van der Waals surface area contributed by atoms with Crippen molar-refractivity contribution >= 4 is 23.2 Å². The third kappa shape index (κ3) is 4.41. The first-order valence-electron chi connectivity index (χ1n) is 6.66. The molecule has 0 saturated carbocycles. The van der Waals surface area contributed by atoms with Gasteiger partial charge in [-0.1, -0.05) is 18.5 Å². The molecule has 7 heteroatoms. The smallest absolute Gasteiger partial charge is 0.288 e. The molecule has 0 N–H and O–H groups in total. The van der Waals surface area contributed by atoms with Gasteiger partial charge >= 0.3 is 0 Å². The van der Waals surface area contributed by atoms with Crippen LogP contribution in [0.2, 0.25) is 5.02 Å². The third-order valence-corrected chi connectivity index (χ3v) is 3.63. The monoisotopic (exact) mass is 314 g/mol. The van der Waals surface area contributed by atoms with E-state index >= 15 is 0 Å². The van der Waals surface area contributed by atoms with E-state index in [1.807, 2.05) is 13.8 Å². The molecule has 21 heavy (non-hydrogen) atoms. The average molecular weight is 315 g/mol. The van der Waals surface area contributed by atoms with Crippen LogP contribution >= 0.6 is 11.6 Å². The molecule has 0 aliphatic heterocycles. The molecular weight excluding hydrogens is 296 g/mol. The van der Waals surface area contributed by atoms with Gasteiger partial charge in [0.05, 0.1) is 11.5 Å². The van der Waals surface area contributed by atoms with E-state index in [0.29, 0.717) is 13.2 Å². The van der Waals surface area contributed by atoms with Gasteiger partial charge in [0.25, 0.3) is 11.6 Å². The number of hydrogen-bond acceptors (Lipinski definition) is 4. The minimum atomic E-state index is -0.595. The number of benzene rings is 1. The lowest BCUT2D eigenvalue weighted by atomic mass is 10.1. The topological polar surface area (TPSA) is 72.7 Å². The number of amides is 1. The number of nitrogens with zero attached hydrogens (tertiary/aromatic N) is 2. The van der Waals surface area contributed by atoms with E-state index in [4.69, 9.17) is 16.3 Å². The van der Waals surface area contributed by atoms with Crippen molar-refractivity contribution in [2.45, 2.75) is 26.3 Å². The second kappa shape index (κ2) is 7.95. The quantitative estimate of drug-likeness (QED) is 0.572. The molecule has 0 aromatic heterocycles. The normalized spacial score (nSPS) is 12.0. The van der Waals surface area contributed by atoms with Crippen molar-refractivity contribution in [1.82, 2.24) is 4.90 Å². The summed E-state index contributed by atoms with van der Waals surface area (Å²) in [6, 6.07) is 4.10. The van der Waals surface area contributed by atoms with E-state index in [0.717, 1.165) is 6.42 Å². The molecule has 1 amide bonds. The fraction of sp³-hybridized carbons (Fsp3) is 0.500. The van der Waals surface area contributed by atoms with Crippen LogP contribution in [0.25, 0.3) is 0 Å². The summed E-state index contributed by atoms with van der Waals surface area (Å²) in [5.41, 5.74) is -0.0131. The van der Waals surface area contributed by atoms with E-state index in [2.05, 4.69) is 0 Å². The van der Waals surface area contributed by atoms with Crippen molar-refractivity contribution in [2.24, 2.45) is 0 Å². The maximum Gasteiger partial charge on any atom is 0.288 e. The van der Waals surface area contributed by atoms with Crippen molar-refractivity contribution in [3.63, 3.8) is 0 Å². The second-order valence-electron chi connectivity index (χ2n) is 4.67. The fourth-order valence-corrected chi connectivity index (χ4v) is 2.07. The Hall–Kier alpha value is -1.66. The maximum atomic E-state index is 12.5. The van der Waals surface area contributed by atoms with Crippen molar-refractivity contribution in [3.05, 3.63) is 38.9 Å². The summed E-state index contributed by atoms with van der Waals surface area (Å²) in [6.07, 6.45) is 0.783. The highest BCUT2D eigenvalue weighted by Gasteiger charge is 2.23. The Morgan fingerprint density at radius 2 is 2.19 bits per heavy atom. The molecule has 0 heterocycles. The van der Waals surface area contributed by atoms with Crippen LogP contribution in [0.4, 0.5) is 5.69 Å². The Kier molecular flexibility index (Phi) is 6.58. The summed E-state index contributed by atoms with van der Waals surface area (Å²) in [5, 5.41) is 10.9. The first-order chi connectivity index (χ1) is 9.92. The molecule has 1 aromatic carbocycles. The SMILES string of the molecule is CCC(C)N(CCOC)C(=O)c1ccc(Cl)c([N+](=O)[O-])c1. The van der Waals surface area contributed by atoms with Gasteiger partial charge < -0.3 is 9.64 Å². The Labute approximate surface area is 128 Å². The van der Waals surface area contributed by atoms with Crippen LogP contribution in [0, 0.1) is 10.1 Å². The lowest BCUT2D eigenvalue weighted by molar-refractivity contribution is -0.384. The summed E-state index contributed by atoms with van der Waals surface area (Å²) in [6.45, 7) is 4.74. The van der Waals surface area contributed by atoms with E-state index < -0.39 is 4.92 Å². The summed E-state index contributed by atoms with van der Waals surface area (Å²) >= 11 is 5.76. The lowest BCUT2D eigenvalue weighted by Gasteiger charge is -2.28. The van der Waals surface area contributed by atoms with Gasteiger partial charge in [0, 0.05) is 31.3 Å². The minimum absolute atomic E-state index is 0.0161. The van der Waals surface area contributed by atoms with E-state index in [1.165, 1.54) is 18.2 Å². The van der Waals surface area contributed by atoms with Crippen LogP contribution in [0.3, 0.4) is 0 Å². The third-order valence-electron chi connectivity index (χ3n) is 3.31. The lowest BCUT2D eigenvalue weighted by Crippen LogP contribution is -2.40. The van der Waals surface area contributed by atoms with Crippen LogP contribution < -0.4 is 0 Å². The van der Waals surface area contributed by atoms with Gasteiger partial charge in [-0.05, 0) is 25.5 Å². The molecule has 1 unspecified atom stereocenters. The molecule has 6 nitrogen and oxygen atoms in total. The van der Waals surface area contributed by atoms with Crippen LogP contribution in [-0.4, -0.2) is 42.0 Å². The Bertz CT molecular complexity index is 522. The van der Waals surface area contributed by atoms with Crippen molar-refractivity contribution in [3.8, 4) is 0 Å². The van der Waals surface area contributed by atoms with Crippen LogP contribution in [0.15, 0.2) is 18.2 Å². The first-order valence-corrected chi connectivity index (χ1v) is 7.04. The van der Waals surface area contributed by atoms with Crippen molar-refractivity contribution < 1.29 is 14.5 Å². The highest BCUT2D eigenvalue weighted by molar-refractivity contribution is 6.32. The van der Waals surface area contributed by atoms with Gasteiger partial charge in [-0.15, -0.1) is 0 Å². The number of methoxy groups -OCH3 is 1. The number of ether oxygens (including phenoxy) is 1. The number of carbonyl (C=O) groups is 1. The number of rotatable bonds is 7. The number of nitro groups is 1. The van der Waals surface area contributed by atoms with Crippen LogP contribution in [0.1, 0.15) is 30.6 Å². The summed E-state index contributed by atoms with van der Waals surface area (Å²) in [5.74, 6) is -0.263. The molecule has 0 fully saturated rings. The average Bonchev–Trinajstić information content (AvgIpc) is 2.47. The molecule has 1 aromatic rings. The van der Waals surface area contributed by atoms with Crippen molar-refractivity contribution in [2.75, 3.05) is 20.3 Å². The van der Waals surface area contributed by atoms with E-state index in [1.54, 1.807) is 12.0 Å². The standard InChI is InChI=1S/C14H19ClN2O4/c1-4-10(2)16(7-8-21-3)14(18)11-5-6-12(15)13(9-11)17(19)20/h5-6,9-10H,4,7-8H2,1-3H3. The number of carbonyl (C=O) groups excluding carboxylic acids is 1. The largest absolute Gasteiger partial charge is 0.383 e. The zero-order chi connectivity index (χ0) is 16.0. The maximum absolute atomic E-state index is 12.5. The second-order valence-corrected chi connectivity index (χ2v) is 5.08. The molecule has 1 atom stereocenters. The minimum Gasteiger partial charge on any atom is -0.383 e. The van der Waals surface area contributed by atoms with Crippen LogP contribution in [-0.2, 0) is 4.74 Å². The van der Waals surface area contributed by atoms with E-state index in [-0.39, 0.29) is 28.2 Å². The molecule has 0 aliphatic rings. The Balaban J connectivity index is 3.08. The highest BCUT2D eigenvalue weighted by atomic mass is 35.5. The molecule has 0 spiro atoms. The Morgan fingerprint density at radius 1 is 1.52 bits per heavy atom. The number of nitro benzene ring substituents is 1. The predicted octanol–water partition coefficient (Wildman–Crippen LogP) is 3.14. The summed E-state index contributed by atoms with van der Waals surface area (Å²) < 4.78 is 5.01. The fourth-order valence-electron chi connectivity index (χ4n) is 1.88. The van der Waals surface area contributed by atoms with Crippen LogP contribution in [0.5, 0.6) is 0 Å². The first kappa shape index (κ1) is 17.4. The summed E-state index contributed by atoms with van der Waals surface area (Å²) in [4.78, 5) is 24.5. The van der Waals surface area contributed by atoms with Gasteiger partial charge in [-0.25, -0.2) is 0 Å². The van der Waals surface area contributed by atoms with Crippen molar-refractivity contribution in [1.29, 1.82) is 0 Å². The molecule has 1 rings (SSSR count). The zero-order valence-corrected chi connectivity index (χ0v) is 13.1.